The van der Waals surface area contributed by atoms with Crippen molar-refractivity contribution in [2.75, 3.05) is 18.2 Å². The third-order valence-corrected chi connectivity index (χ3v) is 5.53. The van der Waals surface area contributed by atoms with E-state index in [1.54, 1.807) is 47.2 Å². The molecule has 3 aromatic heterocycles. The quantitative estimate of drug-likeness (QED) is 0.501. The van der Waals surface area contributed by atoms with Crippen molar-refractivity contribution in [3.63, 3.8) is 0 Å². The maximum Gasteiger partial charge on any atom is 0.234 e. The number of amides is 1. The molecule has 7 nitrogen and oxygen atoms in total. The van der Waals surface area contributed by atoms with Gasteiger partial charge in [0.25, 0.3) is 0 Å². The molecule has 0 radical (unpaired) electrons. The number of thioether (sulfide) groups is 1. The third-order valence-electron chi connectivity index (χ3n) is 3.71. The van der Waals surface area contributed by atoms with Gasteiger partial charge < -0.3 is 10.1 Å². The molecule has 0 aliphatic carbocycles. The van der Waals surface area contributed by atoms with Crippen molar-refractivity contribution >= 4 is 40.3 Å². The Morgan fingerprint density at radius 3 is 2.78 bits per heavy atom. The maximum absolute atomic E-state index is 12.2. The van der Waals surface area contributed by atoms with Crippen molar-refractivity contribution in [2.24, 2.45) is 0 Å². The molecule has 3 heterocycles. The molecule has 1 aromatic carbocycles. The van der Waals surface area contributed by atoms with Gasteiger partial charge in [-0.25, -0.2) is 0 Å². The lowest BCUT2D eigenvalue weighted by Gasteiger charge is -2.06. The molecule has 1 amide bonds. The van der Waals surface area contributed by atoms with Gasteiger partial charge in [0.05, 0.1) is 17.7 Å². The number of ether oxygens (including phenoxy) is 1. The average Bonchev–Trinajstić information content (AvgIpc) is 3.36. The second-order valence-corrected chi connectivity index (χ2v) is 7.40. The fraction of sp³-hybridized carbons (Fsp3) is 0.111. The molecule has 1 N–H and O–H groups in total. The van der Waals surface area contributed by atoms with E-state index in [9.17, 15) is 4.79 Å². The normalized spacial score (nSPS) is 10.9. The number of fused-ring (bicyclic) bond motifs is 1. The summed E-state index contributed by atoms with van der Waals surface area (Å²) in [5.41, 5.74) is 2.21. The van der Waals surface area contributed by atoms with Gasteiger partial charge >= 0.3 is 0 Å². The Morgan fingerprint density at radius 1 is 1.19 bits per heavy atom. The van der Waals surface area contributed by atoms with Crippen molar-refractivity contribution in [2.45, 2.75) is 5.16 Å². The van der Waals surface area contributed by atoms with Crippen molar-refractivity contribution in [1.82, 2.24) is 19.8 Å². The van der Waals surface area contributed by atoms with Gasteiger partial charge in [0.1, 0.15) is 11.4 Å². The molecule has 0 bridgehead atoms. The molecule has 0 atom stereocenters. The van der Waals surface area contributed by atoms with Gasteiger partial charge in [0.2, 0.25) is 11.1 Å². The van der Waals surface area contributed by atoms with Crippen LogP contribution in [0.4, 0.5) is 5.69 Å². The van der Waals surface area contributed by atoms with Crippen LogP contribution in [0.2, 0.25) is 0 Å². The Balaban J connectivity index is 1.45. The van der Waals surface area contributed by atoms with Crippen LogP contribution in [0.25, 0.3) is 16.2 Å². The number of carbonyl (C=O) groups excluding carboxylic acids is 1. The standard InChI is InChI=1S/C18H15N5O2S2/c1-25-13-6-4-12(5-7-13)19-17(24)11-27-18-21-20-16-9-8-14(22-23(16)18)15-3-2-10-26-15/h2-10H,11H2,1H3,(H,19,24). The van der Waals surface area contributed by atoms with Crippen molar-refractivity contribution in [1.29, 1.82) is 0 Å². The van der Waals surface area contributed by atoms with Crippen molar-refractivity contribution in [3.8, 4) is 16.3 Å². The average molecular weight is 397 g/mol. The Hall–Kier alpha value is -2.91. The molecule has 136 valence electrons. The van der Waals surface area contributed by atoms with Gasteiger partial charge in [0, 0.05) is 5.69 Å². The zero-order valence-electron chi connectivity index (χ0n) is 14.3. The number of thiophene rings is 1. The van der Waals surface area contributed by atoms with Crippen LogP contribution in [0.3, 0.4) is 0 Å². The van der Waals surface area contributed by atoms with E-state index in [4.69, 9.17) is 4.74 Å². The minimum Gasteiger partial charge on any atom is -0.497 e. The van der Waals surface area contributed by atoms with Crippen LogP contribution in [0, 0.1) is 0 Å². The summed E-state index contributed by atoms with van der Waals surface area (Å²) in [6.45, 7) is 0. The number of rotatable bonds is 6. The SMILES string of the molecule is COc1ccc(NC(=O)CSc2nnc3ccc(-c4cccs4)nn23)cc1. The Morgan fingerprint density at radius 2 is 2.04 bits per heavy atom. The van der Waals surface area contributed by atoms with E-state index in [1.807, 2.05) is 29.6 Å². The molecular formula is C18H15N5O2S2. The number of hydrogen-bond acceptors (Lipinski definition) is 7. The molecule has 0 spiro atoms. The minimum atomic E-state index is -0.128. The number of carbonyl (C=O) groups is 1. The van der Waals surface area contributed by atoms with Crippen LogP contribution in [0.1, 0.15) is 0 Å². The molecule has 0 unspecified atom stereocenters. The van der Waals surface area contributed by atoms with Crippen LogP contribution in [-0.2, 0) is 4.79 Å². The van der Waals surface area contributed by atoms with E-state index >= 15 is 0 Å². The van der Waals surface area contributed by atoms with E-state index < -0.39 is 0 Å². The smallest absolute Gasteiger partial charge is 0.234 e. The summed E-state index contributed by atoms with van der Waals surface area (Å²) in [5, 5.41) is 18.3. The summed E-state index contributed by atoms with van der Waals surface area (Å²) in [5.74, 6) is 0.818. The Bertz CT molecular complexity index is 1060. The van der Waals surface area contributed by atoms with E-state index in [0.717, 1.165) is 16.3 Å². The minimum absolute atomic E-state index is 0.128. The molecular weight excluding hydrogens is 382 g/mol. The van der Waals surface area contributed by atoms with Crippen LogP contribution in [-0.4, -0.2) is 38.6 Å². The van der Waals surface area contributed by atoms with Gasteiger partial charge in [-0.2, -0.15) is 9.61 Å². The molecule has 0 saturated carbocycles. The van der Waals surface area contributed by atoms with Crippen molar-refractivity contribution in [3.05, 3.63) is 53.9 Å². The first-order chi connectivity index (χ1) is 13.2. The topological polar surface area (TPSA) is 81.4 Å². The van der Waals surface area contributed by atoms with Crippen LogP contribution in [0.15, 0.2) is 59.1 Å². The first-order valence-electron chi connectivity index (χ1n) is 8.06. The zero-order valence-corrected chi connectivity index (χ0v) is 16.0. The fourth-order valence-electron chi connectivity index (χ4n) is 2.42. The molecule has 0 fully saturated rings. The Kier molecular flexibility index (Phi) is 5.03. The summed E-state index contributed by atoms with van der Waals surface area (Å²) in [4.78, 5) is 13.3. The van der Waals surface area contributed by atoms with Gasteiger partial charge in [-0.3, -0.25) is 4.79 Å². The van der Waals surface area contributed by atoms with Gasteiger partial charge in [0.15, 0.2) is 5.65 Å². The summed E-state index contributed by atoms with van der Waals surface area (Å²) in [6.07, 6.45) is 0. The summed E-state index contributed by atoms with van der Waals surface area (Å²) >= 11 is 2.91. The Labute approximate surface area is 163 Å². The highest BCUT2D eigenvalue weighted by molar-refractivity contribution is 7.99. The molecule has 4 rings (SSSR count). The first kappa shape index (κ1) is 17.5. The predicted molar refractivity (Wildman–Crippen MR) is 106 cm³/mol. The lowest BCUT2D eigenvalue weighted by molar-refractivity contribution is -0.113. The molecule has 0 aliphatic heterocycles. The monoisotopic (exact) mass is 397 g/mol. The summed E-state index contributed by atoms with van der Waals surface area (Å²) in [7, 11) is 1.60. The number of benzene rings is 1. The second-order valence-electron chi connectivity index (χ2n) is 5.51. The lowest BCUT2D eigenvalue weighted by atomic mass is 10.3. The second kappa shape index (κ2) is 7.77. The van der Waals surface area contributed by atoms with Crippen LogP contribution < -0.4 is 10.1 Å². The lowest BCUT2D eigenvalue weighted by Crippen LogP contribution is -2.14. The zero-order chi connectivity index (χ0) is 18.6. The molecule has 4 aromatic rings. The number of nitrogens with zero attached hydrogens (tertiary/aromatic N) is 4. The van der Waals surface area contributed by atoms with Crippen molar-refractivity contribution < 1.29 is 9.53 Å². The summed E-state index contributed by atoms with van der Waals surface area (Å²) in [6, 6.07) is 15.0. The molecule has 9 heteroatoms. The number of hydrogen-bond donors (Lipinski definition) is 1. The first-order valence-corrected chi connectivity index (χ1v) is 9.92. The maximum atomic E-state index is 12.2. The largest absolute Gasteiger partial charge is 0.497 e. The number of methoxy groups -OCH3 is 1. The van der Waals surface area contributed by atoms with E-state index in [-0.39, 0.29) is 11.7 Å². The third kappa shape index (κ3) is 3.93. The highest BCUT2D eigenvalue weighted by Gasteiger charge is 2.12. The highest BCUT2D eigenvalue weighted by Crippen LogP contribution is 2.24. The van der Waals surface area contributed by atoms with Gasteiger partial charge in [-0.15, -0.1) is 21.5 Å². The number of anilines is 1. The van der Waals surface area contributed by atoms with Gasteiger partial charge in [-0.1, -0.05) is 17.8 Å². The predicted octanol–water partition coefficient (Wildman–Crippen LogP) is 3.59. The van der Waals surface area contributed by atoms with E-state index in [1.165, 1.54) is 11.8 Å². The number of nitrogens with one attached hydrogen (secondary N) is 1. The molecule has 0 aliphatic rings. The van der Waals surface area contributed by atoms with E-state index in [2.05, 4.69) is 20.6 Å². The van der Waals surface area contributed by atoms with Gasteiger partial charge in [-0.05, 0) is 47.8 Å². The summed E-state index contributed by atoms with van der Waals surface area (Å²) < 4.78 is 6.77. The van der Waals surface area contributed by atoms with Crippen LogP contribution >= 0.6 is 23.1 Å². The highest BCUT2D eigenvalue weighted by atomic mass is 32.2. The number of aromatic nitrogens is 4. The molecule has 27 heavy (non-hydrogen) atoms. The fourth-order valence-corrected chi connectivity index (χ4v) is 3.79. The molecule has 0 saturated heterocycles. The van der Waals surface area contributed by atoms with E-state index in [0.29, 0.717) is 16.5 Å². The van der Waals surface area contributed by atoms with Crippen LogP contribution in [0.5, 0.6) is 5.75 Å².